The minimum atomic E-state index is -0.924. The smallest absolute Gasteiger partial charge is 0.328 e. The summed E-state index contributed by atoms with van der Waals surface area (Å²) in [5.41, 5.74) is 2.16. The van der Waals surface area contributed by atoms with Crippen molar-refractivity contribution in [1.82, 2.24) is 10.3 Å². The minimum absolute atomic E-state index is 0.0728. The van der Waals surface area contributed by atoms with Crippen LogP contribution in [0.2, 0.25) is 0 Å². The van der Waals surface area contributed by atoms with Gasteiger partial charge in [0.25, 0.3) is 5.91 Å². The summed E-state index contributed by atoms with van der Waals surface area (Å²) >= 11 is 0. The number of pyridine rings is 1. The summed E-state index contributed by atoms with van der Waals surface area (Å²) in [5, 5.41) is 2.55. The fourth-order valence-electron chi connectivity index (χ4n) is 3.47. The molecule has 3 atom stereocenters. The van der Waals surface area contributed by atoms with Crippen molar-refractivity contribution < 1.29 is 28.6 Å². The van der Waals surface area contributed by atoms with Crippen LogP contribution < -0.4 is 14.8 Å². The summed E-state index contributed by atoms with van der Waals surface area (Å²) in [6, 6.07) is 8.52. The van der Waals surface area contributed by atoms with Gasteiger partial charge in [0.05, 0.1) is 7.11 Å². The van der Waals surface area contributed by atoms with Crippen LogP contribution in [0.25, 0.3) is 0 Å². The number of nitrogens with zero attached hydrogens (tertiary/aromatic N) is 1. The molecule has 3 rings (SSSR count). The average Bonchev–Trinajstić information content (AvgIpc) is 3.03. The van der Waals surface area contributed by atoms with E-state index in [1.807, 2.05) is 31.2 Å². The van der Waals surface area contributed by atoms with Gasteiger partial charge in [-0.15, -0.1) is 0 Å². The quantitative estimate of drug-likeness (QED) is 0.727. The zero-order valence-corrected chi connectivity index (χ0v) is 17.3. The van der Waals surface area contributed by atoms with Gasteiger partial charge in [-0.05, 0) is 18.1 Å². The molecule has 0 saturated heterocycles. The number of carbonyl (C=O) groups is 3. The Morgan fingerprint density at radius 1 is 1.20 bits per heavy atom. The van der Waals surface area contributed by atoms with Gasteiger partial charge in [0.2, 0.25) is 5.75 Å². The summed E-state index contributed by atoms with van der Waals surface area (Å²) < 4.78 is 15.9. The zero-order valence-electron chi connectivity index (χ0n) is 17.3. The predicted molar refractivity (Wildman–Crippen MR) is 107 cm³/mol. The molecular weight excluding hydrogens is 388 g/mol. The van der Waals surface area contributed by atoms with E-state index in [1.165, 1.54) is 38.8 Å². The molecule has 1 aromatic heterocycles. The summed E-state index contributed by atoms with van der Waals surface area (Å²) in [6.45, 7) is 4.74. The number of carbonyl (C=O) groups excluding carboxylic acids is 3. The maximum Gasteiger partial charge on any atom is 0.328 e. The highest BCUT2D eigenvalue weighted by Gasteiger charge is 2.33. The lowest BCUT2D eigenvalue weighted by Gasteiger charge is -2.20. The van der Waals surface area contributed by atoms with Crippen LogP contribution >= 0.6 is 0 Å². The Morgan fingerprint density at radius 3 is 2.60 bits per heavy atom. The highest BCUT2D eigenvalue weighted by molar-refractivity contribution is 5.98. The first-order valence-electron chi connectivity index (χ1n) is 9.62. The molecule has 0 spiro atoms. The zero-order chi connectivity index (χ0) is 21.8. The Bertz CT molecular complexity index is 974. The molecule has 2 aromatic rings. The van der Waals surface area contributed by atoms with Gasteiger partial charge in [-0.3, -0.25) is 9.59 Å². The standard InChI is InChI=1S/C22H24N2O6/c1-12-16-8-6-5-7-15(16)11-18(12)30-22(27)13(2)24-21(26)19-20(29-14(3)25)17(28-4)9-10-23-19/h5-10,12-13,18H,11H2,1-4H3,(H,24,26)/t12?,13-,18?/m0/s1. The van der Waals surface area contributed by atoms with E-state index in [0.717, 1.165) is 5.56 Å². The summed E-state index contributed by atoms with van der Waals surface area (Å²) in [7, 11) is 1.38. The van der Waals surface area contributed by atoms with Crippen molar-refractivity contribution in [2.24, 2.45) is 0 Å². The SMILES string of the molecule is COc1ccnc(C(=O)N[C@@H](C)C(=O)OC2Cc3ccccc3C2C)c1OC(C)=O. The van der Waals surface area contributed by atoms with Crippen molar-refractivity contribution in [3.8, 4) is 11.5 Å². The molecule has 0 radical (unpaired) electrons. The largest absolute Gasteiger partial charge is 0.493 e. The molecule has 8 heteroatoms. The Labute approximate surface area is 174 Å². The molecule has 158 valence electrons. The first kappa shape index (κ1) is 21.3. The van der Waals surface area contributed by atoms with E-state index in [9.17, 15) is 14.4 Å². The van der Waals surface area contributed by atoms with Gasteiger partial charge >= 0.3 is 11.9 Å². The summed E-state index contributed by atoms with van der Waals surface area (Å²) in [6.07, 6.45) is 1.69. The minimum Gasteiger partial charge on any atom is -0.493 e. The molecule has 0 aliphatic heterocycles. The van der Waals surface area contributed by atoms with Crippen LogP contribution in [0.4, 0.5) is 0 Å². The number of hydrogen-bond donors (Lipinski definition) is 1. The molecule has 30 heavy (non-hydrogen) atoms. The molecule has 1 aromatic carbocycles. The van der Waals surface area contributed by atoms with E-state index in [1.54, 1.807) is 0 Å². The number of fused-ring (bicyclic) bond motifs is 1. The third-order valence-corrected chi connectivity index (χ3v) is 5.04. The molecule has 2 unspecified atom stereocenters. The molecule has 1 aliphatic carbocycles. The van der Waals surface area contributed by atoms with Crippen molar-refractivity contribution in [1.29, 1.82) is 0 Å². The lowest BCUT2D eigenvalue weighted by Crippen LogP contribution is -2.41. The predicted octanol–water partition coefficient (Wildman–Crippen LogP) is 2.41. The Kier molecular flexibility index (Phi) is 6.34. The van der Waals surface area contributed by atoms with Gasteiger partial charge in [0.15, 0.2) is 11.4 Å². The van der Waals surface area contributed by atoms with Crippen LogP contribution in [0.5, 0.6) is 11.5 Å². The third kappa shape index (κ3) is 4.42. The first-order chi connectivity index (χ1) is 14.3. The van der Waals surface area contributed by atoms with Crippen LogP contribution in [0.15, 0.2) is 36.5 Å². The van der Waals surface area contributed by atoms with Crippen molar-refractivity contribution in [2.75, 3.05) is 7.11 Å². The van der Waals surface area contributed by atoms with E-state index in [2.05, 4.69) is 10.3 Å². The number of amides is 1. The summed E-state index contributed by atoms with van der Waals surface area (Å²) in [5.74, 6) is -1.72. The number of esters is 2. The van der Waals surface area contributed by atoms with E-state index < -0.39 is 23.9 Å². The fourth-order valence-corrected chi connectivity index (χ4v) is 3.47. The lowest BCUT2D eigenvalue weighted by atomic mass is 10.0. The average molecular weight is 412 g/mol. The van der Waals surface area contributed by atoms with Gasteiger partial charge in [-0.1, -0.05) is 31.2 Å². The molecule has 0 saturated carbocycles. The van der Waals surface area contributed by atoms with Crippen LogP contribution in [0.1, 0.15) is 48.3 Å². The number of hydrogen-bond acceptors (Lipinski definition) is 7. The second-order valence-electron chi connectivity index (χ2n) is 7.15. The highest BCUT2D eigenvalue weighted by atomic mass is 16.6. The van der Waals surface area contributed by atoms with Gasteiger partial charge in [-0.2, -0.15) is 0 Å². The second-order valence-corrected chi connectivity index (χ2v) is 7.15. The Balaban J connectivity index is 1.68. The lowest BCUT2D eigenvalue weighted by molar-refractivity contribution is -0.151. The van der Waals surface area contributed by atoms with Crippen molar-refractivity contribution >= 4 is 17.8 Å². The molecule has 1 N–H and O–H groups in total. The normalized spacial score (nSPS) is 18.1. The van der Waals surface area contributed by atoms with Crippen molar-refractivity contribution in [3.05, 3.63) is 53.3 Å². The van der Waals surface area contributed by atoms with Gasteiger partial charge in [0, 0.05) is 31.5 Å². The topological polar surface area (TPSA) is 104 Å². The second kappa shape index (κ2) is 8.94. The van der Waals surface area contributed by atoms with Crippen LogP contribution in [-0.2, 0) is 20.7 Å². The molecule has 8 nitrogen and oxygen atoms in total. The Hall–Kier alpha value is -3.42. The summed E-state index contributed by atoms with van der Waals surface area (Å²) in [4.78, 5) is 40.6. The number of ether oxygens (including phenoxy) is 3. The fraction of sp³-hybridized carbons (Fsp3) is 0.364. The first-order valence-corrected chi connectivity index (χ1v) is 9.62. The number of benzene rings is 1. The van der Waals surface area contributed by atoms with Gasteiger partial charge in [-0.25, -0.2) is 9.78 Å². The maximum absolute atomic E-state index is 12.7. The number of rotatable bonds is 6. The van der Waals surface area contributed by atoms with E-state index in [0.29, 0.717) is 6.42 Å². The van der Waals surface area contributed by atoms with E-state index in [-0.39, 0.29) is 29.2 Å². The molecule has 1 amide bonds. The molecule has 0 fully saturated rings. The van der Waals surface area contributed by atoms with Crippen molar-refractivity contribution in [2.45, 2.75) is 45.3 Å². The monoisotopic (exact) mass is 412 g/mol. The van der Waals surface area contributed by atoms with Crippen molar-refractivity contribution in [3.63, 3.8) is 0 Å². The molecular formula is C22H24N2O6. The number of methoxy groups -OCH3 is 1. The van der Waals surface area contributed by atoms with E-state index >= 15 is 0 Å². The molecule has 1 aliphatic rings. The Morgan fingerprint density at radius 2 is 1.93 bits per heavy atom. The van der Waals surface area contributed by atoms with Gasteiger partial charge < -0.3 is 19.5 Å². The molecule has 1 heterocycles. The third-order valence-electron chi connectivity index (χ3n) is 5.04. The number of nitrogens with one attached hydrogen (secondary N) is 1. The van der Waals surface area contributed by atoms with Gasteiger partial charge in [0.1, 0.15) is 12.1 Å². The van der Waals surface area contributed by atoms with Crippen LogP contribution in [-0.4, -0.2) is 42.1 Å². The maximum atomic E-state index is 12.7. The number of aromatic nitrogens is 1. The van der Waals surface area contributed by atoms with E-state index in [4.69, 9.17) is 14.2 Å². The highest BCUT2D eigenvalue weighted by Crippen LogP contribution is 2.35. The van der Waals surface area contributed by atoms with Crippen LogP contribution in [0, 0.1) is 0 Å². The van der Waals surface area contributed by atoms with Crippen LogP contribution in [0.3, 0.4) is 0 Å². The molecule has 0 bridgehead atoms.